The molecule has 2 atom stereocenters. The first kappa shape index (κ1) is 26.9. The molecule has 2 aromatic heterocycles. The Morgan fingerprint density at radius 1 is 0.853 bits per heavy atom. The highest BCUT2D eigenvalue weighted by Gasteiger charge is 2.31. The Labute approximate surface area is 198 Å². The quantitative estimate of drug-likeness (QED) is 0.502. The fourth-order valence-corrected chi connectivity index (χ4v) is 3.18. The van der Waals surface area contributed by atoms with E-state index in [0.29, 0.717) is 0 Å². The van der Waals surface area contributed by atoms with Crippen LogP contribution in [0.5, 0.6) is 0 Å². The number of carboxylic acids is 1. The summed E-state index contributed by atoms with van der Waals surface area (Å²) in [6.07, 6.45) is -0.624. The van der Waals surface area contributed by atoms with Crippen molar-refractivity contribution >= 4 is 18.0 Å². The van der Waals surface area contributed by atoms with Gasteiger partial charge in [-0.3, -0.25) is 4.79 Å². The molecule has 0 unspecified atom stereocenters. The highest BCUT2D eigenvalue weighted by molar-refractivity contribution is 5.93. The highest BCUT2D eigenvalue weighted by Crippen LogP contribution is 2.27. The molecular weight excluding hydrogens is 444 g/mol. The second kappa shape index (κ2) is 10.3. The van der Waals surface area contributed by atoms with Crippen molar-refractivity contribution < 1.29 is 33.1 Å². The zero-order chi connectivity index (χ0) is 26.0. The summed E-state index contributed by atoms with van der Waals surface area (Å²) < 4.78 is 16.6. The van der Waals surface area contributed by atoms with Gasteiger partial charge in [0.1, 0.15) is 29.2 Å². The molecule has 0 aromatic carbocycles. The van der Waals surface area contributed by atoms with Gasteiger partial charge in [-0.2, -0.15) is 0 Å². The van der Waals surface area contributed by atoms with Crippen molar-refractivity contribution in [3.05, 3.63) is 34.7 Å². The lowest BCUT2D eigenvalue weighted by Gasteiger charge is -2.24. The van der Waals surface area contributed by atoms with Gasteiger partial charge in [0.15, 0.2) is 11.4 Å². The molecule has 0 bridgehead atoms. The van der Waals surface area contributed by atoms with Gasteiger partial charge in [-0.1, -0.05) is 27.7 Å². The minimum absolute atomic E-state index is 0.0408. The van der Waals surface area contributed by atoms with E-state index in [1.54, 1.807) is 27.7 Å². The average molecular weight is 479 g/mol. The van der Waals surface area contributed by atoms with Gasteiger partial charge < -0.3 is 29.3 Å². The van der Waals surface area contributed by atoms with E-state index in [-0.39, 0.29) is 46.5 Å². The normalized spacial score (nSPS) is 13.6. The van der Waals surface area contributed by atoms with E-state index in [2.05, 4.69) is 20.6 Å². The second-order valence-corrected chi connectivity index (χ2v) is 9.78. The lowest BCUT2D eigenvalue weighted by molar-refractivity contribution is 0.0478. The molecule has 0 aliphatic heterocycles. The average Bonchev–Trinajstić information content (AvgIpc) is 3.24. The number of aromatic carboxylic acids is 1. The monoisotopic (exact) mass is 478 g/mol. The van der Waals surface area contributed by atoms with Crippen LogP contribution < -0.4 is 10.6 Å². The van der Waals surface area contributed by atoms with E-state index in [1.807, 2.05) is 27.7 Å². The number of rotatable bonds is 8. The second-order valence-electron chi connectivity index (χ2n) is 9.78. The summed E-state index contributed by atoms with van der Waals surface area (Å²) in [6, 6.07) is -1.32. The number of hydrogen-bond acceptors (Lipinski definition) is 8. The molecular formula is C23H34N4O7. The maximum atomic E-state index is 13.1. The molecule has 3 N–H and O–H groups in total. The Hall–Kier alpha value is -3.37. The van der Waals surface area contributed by atoms with E-state index in [1.165, 1.54) is 6.92 Å². The standard InChI is InChI=1S/C23H34N4O7/c1-10(2)14(19-26-17(21(29)30)13(6)33-19)24-18(28)16-12(5)32-20(25-16)15(11(3)4)27-22(31)34-23(7,8)9/h10-11,14-15H,1-9H3,(H,24,28)(H,27,31)(H,29,30)/t14-,15-/m0/s1. The summed E-state index contributed by atoms with van der Waals surface area (Å²) in [6.45, 7) is 15.8. The molecule has 0 fully saturated rings. The molecule has 188 valence electrons. The van der Waals surface area contributed by atoms with Crippen molar-refractivity contribution in [2.24, 2.45) is 11.8 Å². The Kier molecular flexibility index (Phi) is 8.12. The van der Waals surface area contributed by atoms with Crippen LogP contribution in [0.1, 0.15) is 105 Å². The van der Waals surface area contributed by atoms with Crippen molar-refractivity contribution in [1.29, 1.82) is 0 Å². The lowest BCUT2D eigenvalue weighted by Crippen LogP contribution is -2.37. The number of carboxylic acid groups (broad SMARTS) is 1. The summed E-state index contributed by atoms with van der Waals surface area (Å²) in [5.41, 5.74) is -0.838. The fraction of sp³-hybridized carbons (Fsp3) is 0.609. The number of ether oxygens (including phenoxy) is 1. The first-order valence-electron chi connectivity index (χ1n) is 11.1. The lowest BCUT2D eigenvalue weighted by atomic mass is 10.0. The van der Waals surface area contributed by atoms with Crippen LogP contribution in [0.3, 0.4) is 0 Å². The molecule has 0 spiro atoms. The van der Waals surface area contributed by atoms with Crippen molar-refractivity contribution in [2.75, 3.05) is 0 Å². The third-order valence-corrected chi connectivity index (χ3v) is 4.87. The number of amides is 2. The summed E-state index contributed by atoms with van der Waals surface area (Å²) in [7, 11) is 0. The van der Waals surface area contributed by atoms with Crippen LogP contribution in [0.25, 0.3) is 0 Å². The number of carbonyl (C=O) groups excluding carboxylic acids is 2. The molecule has 2 rings (SSSR count). The Balaban J connectivity index is 2.27. The maximum Gasteiger partial charge on any atom is 0.408 e. The van der Waals surface area contributed by atoms with Crippen LogP contribution in [0.2, 0.25) is 0 Å². The van der Waals surface area contributed by atoms with E-state index in [0.717, 1.165) is 0 Å². The smallest absolute Gasteiger partial charge is 0.408 e. The van der Waals surface area contributed by atoms with Crippen LogP contribution in [-0.4, -0.2) is 38.6 Å². The van der Waals surface area contributed by atoms with E-state index in [4.69, 9.17) is 13.6 Å². The number of nitrogens with one attached hydrogen (secondary N) is 2. The van der Waals surface area contributed by atoms with Gasteiger partial charge in [0.25, 0.3) is 5.91 Å². The fourth-order valence-electron chi connectivity index (χ4n) is 3.18. The number of aromatic nitrogens is 2. The molecule has 34 heavy (non-hydrogen) atoms. The van der Waals surface area contributed by atoms with E-state index < -0.39 is 35.7 Å². The van der Waals surface area contributed by atoms with Gasteiger partial charge in [-0.05, 0) is 46.5 Å². The Bertz CT molecular complexity index is 1050. The molecule has 0 saturated carbocycles. The van der Waals surface area contributed by atoms with Gasteiger partial charge in [-0.25, -0.2) is 19.6 Å². The van der Waals surface area contributed by atoms with Crippen molar-refractivity contribution in [2.45, 2.75) is 80.0 Å². The minimum Gasteiger partial charge on any atom is -0.476 e. The number of alkyl carbamates (subject to hydrolysis) is 1. The zero-order valence-electron chi connectivity index (χ0n) is 21.1. The van der Waals surface area contributed by atoms with Crippen molar-refractivity contribution in [3.8, 4) is 0 Å². The predicted molar refractivity (Wildman–Crippen MR) is 121 cm³/mol. The minimum atomic E-state index is -1.21. The number of hydrogen-bond donors (Lipinski definition) is 3. The highest BCUT2D eigenvalue weighted by atomic mass is 16.6. The van der Waals surface area contributed by atoms with Crippen LogP contribution >= 0.6 is 0 Å². The first-order chi connectivity index (χ1) is 15.6. The van der Waals surface area contributed by atoms with Crippen LogP contribution in [-0.2, 0) is 4.74 Å². The molecule has 0 aliphatic carbocycles. The van der Waals surface area contributed by atoms with Crippen LogP contribution in [0.4, 0.5) is 4.79 Å². The number of oxazole rings is 2. The van der Waals surface area contributed by atoms with Gasteiger partial charge in [0, 0.05) is 0 Å². The van der Waals surface area contributed by atoms with E-state index in [9.17, 15) is 19.5 Å². The summed E-state index contributed by atoms with van der Waals surface area (Å²) in [5, 5.41) is 14.8. The summed E-state index contributed by atoms with van der Waals surface area (Å²) >= 11 is 0. The van der Waals surface area contributed by atoms with Gasteiger partial charge in [0.05, 0.1) is 0 Å². The van der Waals surface area contributed by atoms with Crippen molar-refractivity contribution in [1.82, 2.24) is 20.6 Å². The molecule has 0 aliphatic rings. The largest absolute Gasteiger partial charge is 0.476 e. The topological polar surface area (TPSA) is 157 Å². The molecule has 2 aromatic rings. The molecule has 11 heteroatoms. The number of aryl methyl sites for hydroxylation is 2. The molecule has 0 radical (unpaired) electrons. The van der Waals surface area contributed by atoms with Gasteiger partial charge in [-0.15, -0.1) is 0 Å². The molecule has 2 heterocycles. The van der Waals surface area contributed by atoms with Gasteiger partial charge in [0.2, 0.25) is 11.8 Å². The SMILES string of the molecule is Cc1oc([C@@H](NC(=O)c2nc([C@@H](NC(=O)OC(C)(C)C)C(C)C)oc2C)C(C)C)nc1C(=O)O. The maximum absolute atomic E-state index is 13.1. The summed E-state index contributed by atoms with van der Waals surface area (Å²) in [5.74, 6) is -1.34. The Morgan fingerprint density at radius 3 is 1.71 bits per heavy atom. The molecule has 2 amide bonds. The zero-order valence-corrected chi connectivity index (χ0v) is 21.1. The van der Waals surface area contributed by atoms with Crippen molar-refractivity contribution in [3.63, 3.8) is 0 Å². The first-order valence-corrected chi connectivity index (χ1v) is 11.1. The summed E-state index contributed by atoms with van der Waals surface area (Å²) in [4.78, 5) is 45.0. The van der Waals surface area contributed by atoms with Crippen LogP contribution in [0, 0.1) is 25.7 Å². The van der Waals surface area contributed by atoms with E-state index >= 15 is 0 Å². The number of carbonyl (C=O) groups is 3. The third-order valence-electron chi connectivity index (χ3n) is 4.87. The molecule has 11 nitrogen and oxygen atoms in total. The number of nitrogens with zero attached hydrogens (tertiary/aromatic N) is 2. The Morgan fingerprint density at radius 2 is 1.29 bits per heavy atom. The van der Waals surface area contributed by atoms with Gasteiger partial charge >= 0.3 is 12.1 Å². The predicted octanol–water partition coefficient (Wildman–Crippen LogP) is 4.33. The third kappa shape index (κ3) is 6.58. The molecule has 0 saturated heterocycles. The van der Waals surface area contributed by atoms with Crippen LogP contribution in [0.15, 0.2) is 8.83 Å².